The highest BCUT2D eigenvalue weighted by Crippen LogP contribution is 2.27. The lowest BCUT2D eigenvalue weighted by Gasteiger charge is -2.17. The summed E-state index contributed by atoms with van der Waals surface area (Å²) in [5.74, 6) is 0.328. The van der Waals surface area contributed by atoms with Gasteiger partial charge in [-0.3, -0.25) is 4.79 Å². The van der Waals surface area contributed by atoms with Crippen molar-refractivity contribution >= 4 is 28.8 Å². The molecule has 0 unspecified atom stereocenters. The van der Waals surface area contributed by atoms with E-state index in [1.54, 1.807) is 24.3 Å². The molecule has 1 atom stereocenters. The summed E-state index contributed by atoms with van der Waals surface area (Å²) in [5, 5.41) is 9.38. The van der Waals surface area contributed by atoms with E-state index in [1.165, 1.54) is 0 Å². The number of rotatable bonds is 4. The van der Waals surface area contributed by atoms with E-state index in [0.717, 1.165) is 10.4 Å². The summed E-state index contributed by atoms with van der Waals surface area (Å²) >= 11 is 7.52. The van der Waals surface area contributed by atoms with Gasteiger partial charge in [-0.15, -0.1) is 11.3 Å². The molecule has 0 aliphatic carbocycles. The van der Waals surface area contributed by atoms with Gasteiger partial charge in [0.2, 0.25) is 0 Å². The quantitative estimate of drug-likeness (QED) is 0.778. The van der Waals surface area contributed by atoms with Gasteiger partial charge in [-0.25, -0.2) is 0 Å². The smallest absolute Gasteiger partial charge is 0.274 e. The molecule has 0 bridgehead atoms. The van der Waals surface area contributed by atoms with Crippen LogP contribution in [-0.4, -0.2) is 11.1 Å². The van der Waals surface area contributed by atoms with Crippen molar-refractivity contribution in [1.82, 2.24) is 10.5 Å². The number of halogens is 1. The first kappa shape index (κ1) is 14.8. The number of amides is 1. The Bertz CT molecular complexity index is 766. The first-order chi connectivity index (χ1) is 10.6. The highest BCUT2D eigenvalue weighted by atomic mass is 35.5. The van der Waals surface area contributed by atoms with Crippen LogP contribution in [0.15, 0.2) is 52.4 Å². The minimum Gasteiger partial charge on any atom is -0.361 e. The Morgan fingerprint density at radius 3 is 2.68 bits per heavy atom. The van der Waals surface area contributed by atoms with E-state index < -0.39 is 0 Å². The first-order valence-electron chi connectivity index (χ1n) is 6.66. The fourth-order valence-electron chi connectivity index (χ4n) is 2.11. The lowest BCUT2D eigenvalue weighted by atomic mass is 10.1. The molecule has 0 radical (unpaired) electrons. The molecule has 22 heavy (non-hydrogen) atoms. The maximum Gasteiger partial charge on any atom is 0.274 e. The molecular weight excluding hydrogens is 320 g/mol. The highest BCUT2D eigenvalue weighted by Gasteiger charge is 2.20. The molecule has 0 fully saturated rings. The van der Waals surface area contributed by atoms with Gasteiger partial charge in [-0.2, -0.15) is 0 Å². The molecular formula is C16H13ClN2O2S. The summed E-state index contributed by atoms with van der Waals surface area (Å²) in [6, 6.07) is 12.7. The second kappa shape index (κ2) is 6.34. The molecule has 6 heteroatoms. The van der Waals surface area contributed by atoms with Crippen molar-refractivity contribution in [2.75, 3.05) is 0 Å². The Hall–Kier alpha value is -2.11. The standard InChI is InChI=1S/C16H13ClN2O2S/c1-10-9-13(19-21-10)16(20)18-15(14-3-2-8-22-14)11-4-6-12(17)7-5-11/h2-9,15H,1H3,(H,18,20)/t15-/m1/s1. The van der Waals surface area contributed by atoms with Gasteiger partial charge in [0.25, 0.3) is 5.91 Å². The van der Waals surface area contributed by atoms with E-state index in [2.05, 4.69) is 10.5 Å². The maximum atomic E-state index is 12.3. The van der Waals surface area contributed by atoms with Gasteiger partial charge >= 0.3 is 0 Å². The van der Waals surface area contributed by atoms with E-state index in [-0.39, 0.29) is 17.6 Å². The third kappa shape index (κ3) is 3.21. The molecule has 0 aliphatic rings. The summed E-state index contributed by atoms with van der Waals surface area (Å²) in [6.45, 7) is 1.75. The Morgan fingerprint density at radius 1 is 1.32 bits per heavy atom. The predicted molar refractivity (Wildman–Crippen MR) is 86.3 cm³/mol. The third-order valence-corrected chi connectivity index (χ3v) is 4.36. The number of nitrogens with one attached hydrogen (secondary N) is 1. The Labute approximate surface area is 136 Å². The van der Waals surface area contributed by atoms with E-state index in [9.17, 15) is 4.79 Å². The topological polar surface area (TPSA) is 55.1 Å². The fourth-order valence-corrected chi connectivity index (χ4v) is 3.04. The molecule has 3 rings (SSSR count). The van der Waals surface area contributed by atoms with Crippen molar-refractivity contribution in [3.05, 3.63) is 74.8 Å². The first-order valence-corrected chi connectivity index (χ1v) is 7.92. The molecule has 0 spiro atoms. The van der Waals surface area contributed by atoms with E-state index in [4.69, 9.17) is 16.1 Å². The van der Waals surface area contributed by atoms with Gasteiger partial charge in [0.05, 0.1) is 6.04 Å². The molecule has 1 aromatic carbocycles. The zero-order valence-corrected chi connectivity index (χ0v) is 13.3. The van der Waals surface area contributed by atoms with Gasteiger partial charge in [-0.05, 0) is 36.1 Å². The van der Waals surface area contributed by atoms with Crippen LogP contribution < -0.4 is 5.32 Å². The number of nitrogens with zero attached hydrogens (tertiary/aromatic N) is 1. The van der Waals surface area contributed by atoms with Crippen molar-refractivity contribution < 1.29 is 9.32 Å². The number of hydrogen-bond donors (Lipinski definition) is 1. The second-order valence-electron chi connectivity index (χ2n) is 4.80. The van der Waals surface area contributed by atoms with Gasteiger partial charge < -0.3 is 9.84 Å². The van der Waals surface area contributed by atoms with Crippen LogP contribution >= 0.6 is 22.9 Å². The van der Waals surface area contributed by atoms with Crippen LogP contribution in [0.3, 0.4) is 0 Å². The fraction of sp³-hybridized carbons (Fsp3) is 0.125. The van der Waals surface area contributed by atoms with Crippen molar-refractivity contribution in [1.29, 1.82) is 0 Å². The van der Waals surface area contributed by atoms with Crippen molar-refractivity contribution in [3.8, 4) is 0 Å². The Morgan fingerprint density at radius 2 is 2.09 bits per heavy atom. The van der Waals surface area contributed by atoms with Gasteiger partial charge in [-0.1, -0.05) is 35.0 Å². The Balaban J connectivity index is 1.89. The van der Waals surface area contributed by atoms with Gasteiger partial charge in [0, 0.05) is 16.0 Å². The predicted octanol–water partition coefficient (Wildman–Crippen LogP) is 4.22. The molecule has 1 amide bonds. The number of aryl methyl sites for hydroxylation is 1. The highest BCUT2D eigenvalue weighted by molar-refractivity contribution is 7.10. The van der Waals surface area contributed by atoms with Crippen molar-refractivity contribution in [3.63, 3.8) is 0 Å². The monoisotopic (exact) mass is 332 g/mol. The van der Waals surface area contributed by atoms with E-state index in [1.807, 2.05) is 41.8 Å². The van der Waals surface area contributed by atoms with Crippen LogP contribution in [0.5, 0.6) is 0 Å². The van der Waals surface area contributed by atoms with Crippen molar-refractivity contribution in [2.24, 2.45) is 0 Å². The van der Waals surface area contributed by atoms with Gasteiger partial charge in [0.15, 0.2) is 5.69 Å². The molecule has 2 aromatic heterocycles. The number of carbonyl (C=O) groups is 1. The number of hydrogen-bond acceptors (Lipinski definition) is 4. The van der Waals surface area contributed by atoms with E-state index >= 15 is 0 Å². The molecule has 0 aliphatic heterocycles. The number of thiophene rings is 1. The largest absolute Gasteiger partial charge is 0.361 e. The van der Waals surface area contributed by atoms with Crippen LogP contribution in [0, 0.1) is 6.92 Å². The van der Waals surface area contributed by atoms with Crippen LogP contribution in [0.1, 0.15) is 32.7 Å². The molecule has 0 saturated carbocycles. The molecule has 112 valence electrons. The minimum absolute atomic E-state index is 0.248. The summed E-state index contributed by atoms with van der Waals surface area (Å²) in [6.07, 6.45) is 0. The summed E-state index contributed by atoms with van der Waals surface area (Å²) in [5.41, 5.74) is 1.23. The molecule has 0 saturated heterocycles. The van der Waals surface area contributed by atoms with Crippen LogP contribution in [0.2, 0.25) is 5.02 Å². The summed E-state index contributed by atoms with van der Waals surface area (Å²) in [4.78, 5) is 13.4. The minimum atomic E-state index is -0.273. The number of aromatic nitrogens is 1. The second-order valence-corrected chi connectivity index (χ2v) is 6.21. The number of carbonyl (C=O) groups excluding carboxylic acids is 1. The zero-order chi connectivity index (χ0) is 15.5. The zero-order valence-electron chi connectivity index (χ0n) is 11.7. The Kier molecular flexibility index (Phi) is 4.27. The average molecular weight is 333 g/mol. The lowest BCUT2D eigenvalue weighted by molar-refractivity contribution is 0.0934. The molecule has 1 N–H and O–H groups in total. The third-order valence-electron chi connectivity index (χ3n) is 3.17. The molecule has 4 nitrogen and oxygen atoms in total. The van der Waals surface area contributed by atoms with E-state index in [0.29, 0.717) is 10.8 Å². The molecule has 2 heterocycles. The number of benzene rings is 1. The van der Waals surface area contributed by atoms with Crippen molar-refractivity contribution in [2.45, 2.75) is 13.0 Å². The SMILES string of the molecule is Cc1cc(C(=O)N[C@H](c2ccc(Cl)cc2)c2cccs2)no1. The van der Waals surface area contributed by atoms with Crippen LogP contribution in [0.4, 0.5) is 0 Å². The lowest BCUT2D eigenvalue weighted by Crippen LogP contribution is -2.29. The molecule has 3 aromatic rings. The van der Waals surface area contributed by atoms with Crippen LogP contribution in [-0.2, 0) is 0 Å². The average Bonchev–Trinajstić information content (AvgIpc) is 3.17. The van der Waals surface area contributed by atoms with Crippen LogP contribution in [0.25, 0.3) is 0 Å². The summed E-state index contributed by atoms with van der Waals surface area (Å²) in [7, 11) is 0. The normalized spacial score (nSPS) is 12.1. The summed E-state index contributed by atoms with van der Waals surface area (Å²) < 4.78 is 4.95. The maximum absolute atomic E-state index is 12.3. The van der Waals surface area contributed by atoms with Gasteiger partial charge in [0.1, 0.15) is 5.76 Å².